The molecular formula is C21H28N4O. The summed E-state index contributed by atoms with van der Waals surface area (Å²) in [6, 6.07) is 9.25. The Hall–Kier alpha value is -2.40. The fourth-order valence-electron chi connectivity index (χ4n) is 5.00. The van der Waals surface area contributed by atoms with Gasteiger partial charge in [0.15, 0.2) is 0 Å². The van der Waals surface area contributed by atoms with Crippen LogP contribution in [0.1, 0.15) is 48.4 Å². The number of phenolic OH excluding ortho intramolecular Hbond substituents is 1. The summed E-state index contributed by atoms with van der Waals surface area (Å²) >= 11 is 0. The van der Waals surface area contributed by atoms with Crippen molar-refractivity contribution in [1.29, 1.82) is 0 Å². The van der Waals surface area contributed by atoms with Gasteiger partial charge in [0.05, 0.1) is 0 Å². The third-order valence-electron chi connectivity index (χ3n) is 6.29. The van der Waals surface area contributed by atoms with Crippen molar-refractivity contribution in [3.8, 4) is 5.75 Å². The third kappa shape index (κ3) is 2.86. The van der Waals surface area contributed by atoms with E-state index in [0.29, 0.717) is 28.4 Å². The number of phenols is 1. The maximum atomic E-state index is 10.0. The Morgan fingerprint density at radius 1 is 1.35 bits per heavy atom. The molecule has 6 N–H and O–H groups in total. The molecule has 4 rings (SSSR count). The molecule has 2 aliphatic rings. The van der Waals surface area contributed by atoms with Crippen molar-refractivity contribution in [2.24, 2.45) is 11.1 Å². The SMILES string of the molecule is CN1CCC2(CCCC2c2cc(/C=C(\N)c3ccccc3O)c(N)[nH]2)C1. The number of benzene rings is 1. The molecule has 1 aromatic carbocycles. The summed E-state index contributed by atoms with van der Waals surface area (Å²) in [5.41, 5.74) is 16.1. The van der Waals surface area contributed by atoms with Crippen LogP contribution in [0.2, 0.25) is 0 Å². The lowest BCUT2D eigenvalue weighted by atomic mass is 9.75. The summed E-state index contributed by atoms with van der Waals surface area (Å²) in [5, 5.41) is 10.0. The normalized spacial score (nSPS) is 26.8. The zero-order valence-electron chi connectivity index (χ0n) is 15.3. The van der Waals surface area contributed by atoms with Crippen molar-refractivity contribution in [2.75, 3.05) is 25.9 Å². The van der Waals surface area contributed by atoms with Crippen LogP contribution in [0.5, 0.6) is 5.75 Å². The van der Waals surface area contributed by atoms with Gasteiger partial charge in [0.1, 0.15) is 11.6 Å². The molecule has 1 aliphatic heterocycles. The van der Waals surface area contributed by atoms with Gasteiger partial charge in [0.25, 0.3) is 0 Å². The van der Waals surface area contributed by atoms with Crippen LogP contribution in [0.25, 0.3) is 11.8 Å². The first kappa shape index (κ1) is 17.0. The van der Waals surface area contributed by atoms with Crippen LogP contribution < -0.4 is 11.5 Å². The van der Waals surface area contributed by atoms with Crippen LogP contribution in [0.3, 0.4) is 0 Å². The highest BCUT2D eigenvalue weighted by Gasteiger charge is 2.47. The van der Waals surface area contributed by atoms with Crippen LogP contribution in [-0.2, 0) is 0 Å². The van der Waals surface area contributed by atoms with E-state index in [0.717, 1.165) is 5.56 Å². The number of aromatic hydroxyl groups is 1. The highest BCUT2D eigenvalue weighted by atomic mass is 16.3. The van der Waals surface area contributed by atoms with Gasteiger partial charge in [-0.1, -0.05) is 18.6 Å². The van der Waals surface area contributed by atoms with Gasteiger partial charge >= 0.3 is 0 Å². The number of nitrogens with zero attached hydrogens (tertiary/aromatic N) is 1. The van der Waals surface area contributed by atoms with Crippen molar-refractivity contribution in [2.45, 2.75) is 31.6 Å². The lowest BCUT2D eigenvalue weighted by molar-refractivity contribution is 0.255. The first-order chi connectivity index (χ1) is 12.5. The average Bonchev–Trinajstić information content (AvgIpc) is 3.29. The van der Waals surface area contributed by atoms with Crippen LogP contribution in [0.15, 0.2) is 30.3 Å². The van der Waals surface area contributed by atoms with Crippen LogP contribution in [0, 0.1) is 5.41 Å². The molecule has 26 heavy (non-hydrogen) atoms. The summed E-state index contributed by atoms with van der Waals surface area (Å²) in [5.74, 6) is 1.36. The maximum Gasteiger partial charge on any atom is 0.124 e. The Morgan fingerprint density at radius 2 is 2.15 bits per heavy atom. The number of H-pyrrole nitrogens is 1. The Balaban J connectivity index is 1.64. The molecule has 2 heterocycles. The number of para-hydroxylation sites is 1. The number of aromatic amines is 1. The predicted molar refractivity (Wildman–Crippen MR) is 107 cm³/mol. The number of nitrogen functional groups attached to an aromatic ring is 1. The standard InChI is InChI=1S/C21H28N4O/c1-25-10-9-21(13-25)8-4-6-16(21)18-12-14(20(23)24-18)11-17(22)15-5-2-3-7-19(15)26/h2-3,5,7,11-12,16,24,26H,4,6,8-10,13,22-23H2,1H3/b17-11-. The minimum absolute atomic E-state index is 0.180. The zero-order chi connectivity index (χ0) is 18.3. The van der Waals surface area contributed by atoms with Crippen LogP contribution in [-0.4, -0.2) is 35.1 Å². The number of nitrogens with two attached hydrogens (primary N) is 2. The van der Waals surface area contributed by atoms with E-state index < -0.39 is 0 Å². The van der Waals surface area contributed by atoms with E-state index in [1.54, 1.807) is 12.1 Å². The number of nitrogens with one attached hydrogen (secondary N) is 1. The van der Waals surface area contributed by atoms with Crippen molar-refractivity contribution in [3.05, 3.63) is 47.2 Å². The number of aromatic nitrogens is 1. The lowest BCUT2D eigenvalue weighted by Crippen LogP contribution is -2.27. The minimum Gasteiger partial charge on any atom is -0.507 e. The van der Waals surface area contributed by atoms with Gasteiger partial charge in [0.2, 0.25) is 0 Å². The molecule has 138 valence electrons. The molecule has 0 amide bonds. The van der Waals surface area contributed by atoms with Gasteiger partial charge in [-0.25, -0.2) is 0 Å². The van der Waals surface area contributed by atoms with Gasteiger partial charge in [0, 0.05) is 35.0 Å². The molecular weight excluding hydrogens is 324 g/mol. The molecule has 1 aliphatic carbocycles. The molecule has 1 saturated carbocycles. The van der Waals surface area contributed by atoms with E-state index in [9.17, 15) is 5.11 Å². The molecule has 2 aromatic rings. The van der Waals surface area contributed by atoms with Crippen molar-refractivity contribution < 1.29 is 5.11 Å². The Bertz CT molecular complexity index is 840. The van der Waals surface area contributed by atoms with Crippen molar-refractivity contribution >= 4 is 17.6 Å². The number of hydrogen-bond donors (Lipinski definition) is 4. The molecule has 1 aromatic heterocycles. The second-order valence-corrected chi connectivity index (χ2v) is 8.01. The number of rotatable bonds is 3. The number of likely N-dealkylation sites (tertiary alicyclic amines) is 1. The predicted octanol–water partition coefficient (Wildman–Crippen LogP) is 3.35. The highest BCUT2D eigenvalue weighted by molar-refractivity contribution is 5.84. The fourth-order valence-corrected chi connectivity index (χ4v) is 5.00. The molecule has 2 fully saturated rings. The van der Waals surface area contributed by atoms with E-state index in [1.807, 2.05) is 18.2 Å². The van der Waals surface area contributed by atoms with E-state index in [2.05, 4.69) is 23.0 Å². The quantitative estimate of drug-likeness (QED) is 0.682. The molecule has 2 atom stereocenters. The smallest absolute Gasteiger partial charge is 0.124 e. The first-order valence-corrected chi connectivity index (χ1v) is 9.41. The maximum absolute atomic E-state index is 10.0. The molecule has 1 spiro atoms. The van der Waals surface area contributed by atoms with E-state index in [-0.39, 0.29) is 5.75 Å². The van der Waals surface area contributed by atoms with E-state index in [1.165, 1.54) is 44.5 Å². The topological polar surface area (TPSA) is 91.3 Å². The van der Waals surface area contributed by atoms with E-state index >= 15 is 0 Å². The average molecular weight is 352 g/mol. The Kier molecular flexibility index (Phi) is 4.19. The van der Waals surface area contributed by atoms with Gasteiger partial charge in [-0.2, -0.15) is 0 Å². The number of hydrogen-bond acceptors (Lipinski definition) is 4. The first-order valence-electron chi connectivity index (χ1n) is 9.41. The van der Waals surface area contributed by atoms with E-state index in [4.69, 9.17) is 11.5 Å². The Morgan fingerprint density at radius 3 is 2.88 bits per heavy atom. The van der Waals surface area contributed by atoms with Gasteiger partial charge in [-0.15, -0.1) is 0 Å². The molecule has 2 unspecified atom stereocenters. The largest absolute Gasteiger partial charge is 0.507 e. The number of anilines is 1. The second-order valence-electron chi connectivity index (χ2n) is 8.01. The second kappa shape index (κ2) is 6.40. The molecule has 1 saturated heterocycles. The Labute approximate surface area is 154 Å². The molecule has 5 nitrogen and oxygen atoms in total. The van der Waals surface area contributed by atoms with Crippen molar-refractivity contribution in [1.82, 2.24) is 9.88 Å². The van der Waals surface area contributed by atoms with Crippen molar-refractivity contribution in [3.63, 3.8) is 0 Å². The monoisotopic (exact) mass is 352 g/mol. The van der Waals surface area contributed by atoms with Gasteiger partial charge in [-0.3, -0.25) is 0 Å². The van der Waals surface area contributed by atoms with Gasteiger partial charge < -0.3 is 26.5 Å². The lowest BCUT2D eigenvalue weighted by Gasteiger charge is -2.30. The summed E-state index contributed by atoms with van der Waals surface area (Å²) in [7, 11) is 2.22. The summed E-state index contributed by atoms with van der Waals surface area (Å²) in [6.45, 7) is 2.35. The molecule has 0 radical (unpaired) electrons. The molecule has 0 bridgehead atoms. The van der Waals surface area contributed by atoms with Crippen LogP contribution >= 0.6 is 0 Å². The van der Waals surface area contributed by atoms with Crippen LogP contribution in [0.4, 0.5) is 5.82 Å². The summed E-state index contributed by atoms with van der Waals surface area (Å²) < 4.78 is 0. The summed E-state index contributed by atoms with van der Waals surface area (Å²) in [6.07, 6.45) is 6.91. The summed E-state index contributed by atoms with van der Waals surface area (Å²) in [4.78, 5) is 5.87. The zero-order valence-corrected chi connectivity index (χ0v) is 15.3. The third-order valence-corrected chi connectivity index (χ3v) is 6.29. The highest BCUT2D eigenvalue weighted by Crippen LogP contribution is 2.54. The molecule has 5 heteroatoms. The fraction of sp³-hybridized carbons (Fsp3) is 0.429. The minimum atomic E-state index is 0.180. The van der Waals surface area contributed by atoms with Gasteiger partial charge in [-0.05, 0) is 62.5 Å².